The smallest absolute Gasteiger partial charge is 0.0252 e. The van der Waals surface area contributed by atoms with Gasteiger partial charge in [0.1, 0.15) is 0 Å². The Morgan fingerprint density at radius 3 is 2.09 bits per heavy atom. The number of hydrogen-bond donors (Lipinski definition) is 0. The molecule has 0 rings (SSSR count). The van der Waals surface area contributed by atoms with E-state index in [1.54, 1.807) is 0 Å². The van der Waals surface area contributed by atoms with Gasteiger partial charge in [0.25, 0.3) is 0 Å². The monoisotopic (exact) mass is 155 g/mol. The van der Waals surface area contributed by atoms with E-state index in [1.807, 2.05) is 0 Å². The van der Waals surface area contributed by atoms with Gasteiger partial charge in [-0.3, -0.25) is 0 Å². The molecule has 1 unspecified atom stereocenters. The molecule has 1 nitrogen and oxygen atoms in total. The van der Waals surface area contributed by atoms with E-state index in [-0.39, 0.29) is 0 Å². The predicted molar refractivity (Wildman–Crippen MR) is 51.5 cm³/mol. The highest BCUT2D eigenvalue weighted by atomic mass is 15.1. The van der Waals surface area contributed by atoms with E-state index >= 15 is 0 Å². The lowest BCUT2D eigenvalue weighted by Crippen LogP contribution is -2.29. The lowest BCUT2D eigenvalue weighted by atomic mass is 10.1. The Balaban J connectivity index is 4.02. The normalized spacial score (nSPS) is 13.3. The molecule has 0 fully saturated rings. The number of allylic oxidation sites excluding steroid dienone is 1. The van der Waals surface area contributed by atoms with Crippen LogP contribution in [0.25, 0.3) is 0 Å². The Hall–Kier alpha value is -0.460. The van der Waals surface area contributed by atoms with Crippen molar-refractivity contribution in [1.82, 2.24) is 4.90 Å². The number of hydrogen-bond acceptors (Lipinski definition) is 1. The van der Waals surface area contributed by atoms with Gasteiger partial charge in [-0.05, 0) is 19.3 Å². The summed E-state index contributed by atoms with van der Waals surface area (Å²) in [6.07, 6.45) is 1.18. The summed E-state index contributed by atoms with van der Waals surface area (Å²) < 4.78 is 0. The topological polar surface area (TPSA) is 3.24 Å². The van der Waals surface area contributed by atoms with Gasteiger partial charge in [0.2, 0.25) is 0 Å². The molecule has 0 heterocycles. The summed E-state index contributed by atoms with van der Waals surface area (Å²) in [6, 6.07) is 0.616. The molecule has 0 aliphatic heterocycles. The van der Waals surface area contributed by atoms with Crippen LogP contribution >= 0.6 is 0 Å². The van der Waals surface area contributed by atoms with Gasteiger partial charge in [-0.1, -0.05) is 27.4 Å². The molecule has 0 aliphatic rings. The minimum absolute atomic E-state index is 0.564. The van der Waals surface area contributed by atoms with Gasteiger partial charge in [-0.15, -0.1) is 0 Å². The maximum atomic E-state index is 4.05. The fourth-order valence-electron chi connectivity index (χ4n) is 0.964. The molecule has 0 bridgehead atoms. The maximum Gasteiger partial charge on any atom is 0.0252 e. The van der Waals surface area contributed by atoms with Crippen molar-refractivity contribution in [2.24, 2.45) is 5.92 Å². The van der Waals surface area contributed by atoms with E-state index < -0.39 is 0 Å². The average Bonchev–Trinajstić information content (AvgIpc) is 2.00. The zero-order chi connectivity index (χ0) is 9.02. The van der Waals surface area contributed by atoms with Gasteiger partial charge in [0.15, 0.2) is 0 Å². The second-order valence-electron chi connectivity index (χ2n) is 3.51. The molecular weight excluding hydrogens is 134 g/mol. The number of nitrogens with zero attached hydrogens (tertiary/aromatic N) is 1. The van der Waals surface area contributed by atoms with Crippen LogP contribution in [0.1, 0.15) is 34.1 Å². The third kappa shape index (κ3) is 2.96. The van der Waals surface area contributed by atoms with E-state index in [4.69, 9.17) is 0 Å². The van der Waals surface area contributed by atoms with Crippen molar-refractivity contribution in [3.05, 3.63) is 12.3 Å². The first-order valence-electron chi connectivity index (χ1n) is 4.42. The fraction of sp³-hybridized carbons (Fsp3) is 0.800. The van der Waals surface area contributed by atoms with Crippen LogP contribution in [-0.2, 0) is 0 Å². The maximum absolute atomic E-state index is 4.05. The lowest BCUT2D eigenvalue weighted by Gasteiger charge is -2.30. The Kier molecular flexibility index (Phi) is 4.24. The van der Waals surface area contributed by atoms with Crippen LogP contribution in [0.4, 0.5) is 0 Å². The molecule has 0 radical (unpaired) electrons. The summed E-state index contributed by atoms with van der Waals surface area (Å²) in [6.45, 7) is 12.8. The number of rotatable bonds is 4. The first-order chi connectivity index (χ1) is 5.00. The second kappa shape index (κ2) is 4.42. The highest BCUT2D eigenvalue weighted by Crippen LogP contribution is 2.14. The summed E-state index contributed by atoms with van der Waals surface area (Å²) in [4.78, 5) is 2.27. The molecule has 0 aromatic rings. The first kappa shape index (κ1) is 10.5. The lowest BCUT2D eigenvalue weighted by molar-refractivity contribution is 0.290. The molecule has 0 aromatic carbocycles. The summed E-state index contributed by atoms with van der Waals surface area (Å²) in [5.74, 6) is 0.564. The van der Waals surface area contributed by atoms with E-state index in [9.17, 15) is 0 Å². The van der Waals surface area contributed by atoms with Gasteiger partial charge in [0.05, 0.1) is 0 Å². The minimum Gasteiger partial charge on any atom is -0.375 e. The standard InChI is InChI=1S/C10H21N/c1-7-9(4)11(6)10(5)8(2)3/h8-9H,5,7H2,1-4,6H3. The average molecular weight is 155 g/mol. The molecule has 0 N–H and O–H groups in total. The van der Waals surface area contributed by atoms with Crippen LogP contribution in [0.15, 0.2) is 12.3 Å². The zero-order valence-corrected chi connectivity index (χ0v) is 8.52. The molecule has 66 valence electrons. The van der Waals surface area contributed by atoms with Crippen molar-refractivity contribution in [2.75, 3.05) is 7.05 Å². The molecule has 0 saturated carbocycles. The SMILES string of the molecule is C=C(C(C)C)N(C)C(C)CC. The Labute approximate surface area is 71.1 Å². The molecule has 1 heteroatoms. The second-order valence-corrected chi connectivity index (χ2v) is 3.51. The van der Waals surface area contributed by atoms with Crippen LogP contribution in [0.2, 0.25) is 0 Å². The molecule has 0 aromatic heterocycles. The van der Waals surface area contributed by atoms with Crippen molar-refractivity contribution >= 4 is 0 Å². The van der Waals surface area contributed by atoms with E-state index in [1.165, 1.54) is 12.1 Å². The summed E-state index contributed by atoms with van der Waals surface area (Å²) in [5, 5.41) is 0. The fourth-order valence-corrected chi connectivity index (χ4v) is 0.964. The molecule has 0 aliphatic carbocycles. The van der Waals surface area contributed by atoms with Crippen LogP contribution in [-0.4, -0.2) is 18.0 Å². The quantitative estimate of drug-likeness (QED) is 0.603. The van der Waals surface area contributed by atoms with Crippen LogP contribution in [0.3, 0.4) is 0 Å². The van der Waals surface area contributed by atoms with Crippen molar-refractivity contribution in [3.63, 3.8) is 0 Å². The van der Waals surface area contributed by atoms with Gasteiger partial charge < -0.3 is 4.90 Å². The summed E-state index contributed by atoms with van der Waals surface area (Å²) >= 11 is 0. The Morgan fingerprint density at radius 1 is 1.36 bits per heavy atom. The van der Waals surface area contributed by atoms with Crippen molar-refractivity contribution in [1.29, 1.82) is 0 Å². The van der Waals surface area contributed by atoms with Gasteiger partial charge in [0, 0.05) is 18.8 Å². The predicted octanol–water partition coefficient (Wildman–Crippen LogP) is 2.89. The third-order valence-corrected chi connectivity index (χ3v) is 2.37. The van der Waals surface area contributed by atoms with Crippen LogP contribution in [0.5, 0.6) is 0 Å². The third-order valence-electron chi connectivity index (χ3n) is 2.37. The van der Waals surface area contributed by atoms with Gasteiger partial charge >= 0.3 is 0 Å². The van der Waals surface area contributed by atoms with Gasteiger partial charge in [-0.2, -0.15) is 0 Å². The highest BCUT2D eigenvalue weighted by Gasteiger charge is 2.10. The molecule has 1 atom stereocenters. The largest absolute Gasteiger partial charge is 0.375 e. The molecular formula is C10H21N. The molecule has 0 amide bonds. The van der Waals surface area contributed by atoms with Crippen LogP contribution < -0.4 is 0 Å². The first-order valence-corrected chi connectivity index (χ1v) is 4.42. The molecule has 11 heavy (non-hydrogen) atoms. The van der Waals surface area contributed by atoms with E-state index in [0.717, 1.165) is 0 Å². The van der Waals surface area contributed by atoms with E-state index in [2.05, 4.69) is 46.2 Å². The Morgan fingerprint density at radius 2 is 1.82 bits per heavy atom. The van der Waals surface area contributed by atoms with Crippen molar-refractivity contribution in [3.8, 4) is 0 Å². The van der Waals surface area contributed by atoms with Crippen LogP contribution in [0, 0.1) is 5.92 Å². The minimum atomic E-state index is 0.564. The summed E-state index contributed by atoms with van der Waals surface area (Å²) in [5.41, 5.74) is 1.24. The molecule has 0 spiro atoms. The summed E-state index contributed by atoms with van der Waals surface area (Å²) in [7, 11) is 2.12. The van der Waals surface area contributed by atoms with Crippen molar-refractivity contribution < 1.29 is 0 Å². The molecule has 0 saturated heterocycles. The zero-order valence-electron chi connectivity index (χ0n) is 8.52. The van der Waals surface area contributed by atoms with Crippen molar-refractivity contribution in [2.45, 2.75) is 40.2 Å². The van der Waals surface area contributed by atoms with E-state index in [0.29, 0.717) is 12.0 Å². The Bertz CT molecular complexity index is 127. The highest BCUT2D eigenvalue weighted by molar-refractivity contribution is 4.97. The van der Waals surface area contributed by atoms with Gasteiger partial charge in [-0.25, -0.2) is 0 Å².